The Kier molecular flexibility index (Phi) is 6.25. The highest BCUT2D eigenvalue weighted by Gasteiger charge is 2.25. The number of nitrogens with one attached hydrogen (secondary N) is 2. The summed E-state index contributed by atoms with van der Waals surface area (Å²) in [5.41, 5.74) is 6.34. The number of rotatable bonds is 5. The number of carbonyl (C=O) groups is 2. The van der Waals surface area contributed by atoms with E-state index in [2.05, 4.69) is 10.6 Å². The molecular weight excluding hydrogens is 322 g/mol. The second kappa shape index (κ2) is 8.20. The molecule has 0 aromatic heterocycles. The summed E-state index contributed by atoms with van der Waals surface area (Å²) in [4.78, 5) is 23.9. The van der Waals surface area contributed by atoms with Crippen molar-refractivity contribution < 1.29 is 19.1 Å². The normalized spacial score (nSPS) is 17.7. The van der Waals surface area contributed by atoms with Crippen molar-refractivity contribution in [3.8, 4) is 5.75 Å². The van der Waals surface area contributed by atoms with Gasteiger partial charge in [0.25, 0.3) is 0 Å². The Morgan fingerprint density at radius 3 is 2.80 bits per heavy atom. The number of benzene rings is 1. The fourth-order valence-electron chi connectivity index (χ4n) is 2.55. The van der Waals surface area contributed by atoms with Gasteiger partial charge in [-0.3, -0.25) is 4.79 Å². The van der Waals surface area contributed by atoms with E-state index in [0.717, 1.165) is 11.3 Å². The number of para-hydroxylation sites is 1. The molecule has 2 atom stereocenters. The lowest BCUT2D eigenvalue weighted by Gasteiger charge is -2.27. The first-order valence-corrected chi connectivity index (χ1v) is 8.51. The number of amides is 2. The van der Waals surface area contributed by atoms with E-state index < -0.39 is 17.7 Å². The molecule has 0 bridgehead atoms. The largest absolute Gasteiger partial charge is 0.493 e. The zero-order chi connectivity index (χ0) is 18.4. The Labute approximate surface area is 148 Å². The predicted molar refractivity (Wildman–Crippen MR) is 94.3 cm³/mol. The second-order valence-corrected chi connectivity index (χ2v) is 7.06. The van der Waals surface area contributed by atoms with Crippen LogP contribution in [0.15, 0.2) is 24.3 Å². The van der Waals surface area contributed by atoms with Crippen molar-refractivity contribution in [1.82, 2.24) is 10.6 Å². The van der Waals surface area contributed by atoms with Crippen molar-refractivity contribution in [2.45, 2.75) is 51.3 Å². The summed E-state index contributed by atoms with van der Waals surface area (Å²) in [5.74, 6) is 0.548. The van der Waals surface area contributed by atoms with Crippen molar-refractivity contribution in [2.24, 2.45) is 5.73 Å². The number of fused-ring (bicyclic) bond motifs is 1. The van der Waals surface area contributed by atoms with E-state index >= 15 is 0 Å². The molecule has 1 aromatic rings. The smallest absolute Gasteiger partial charge is 0.407 e. The molecule has 7 nitrogen and oxygen atoms in total. The Morgan fingerprint density at radius 2 is 2.08 bits per heavy atom. The van der Waals surface area contributed by atoms with Crippen LogP contribution in [0.3, 0.4) is 0 Å². The molecule has 1 aliphatic rings. The molecule has 0 radical (unpaired) electrons. The van der Waals surface area contributed by atoms with Gasteiger partial charge in [0, 0.05) is 18.5 Å². The number of ether oxygens (including phenoxy) is 2. The highest BCUT2D eigenvalue weighted by atomic mass is 16.6. The third-order valence-corrected chi connectivity index (χ3v) is 3.74. The maximum atomic E-state index is 12.3. The van der Waals surface area contributed by atoms with Crippen LogP contribution in [-0.4, -0.2) is 36.8 Å². The summed E-state index contributed by atoms with van der Waals surface area (Å²) >= 11 is 0. The number of nitrogens with two attached hydrogens (primary N) is 1. The van der Waals surface area contributed by atoms with E-state index in [4.69, 9.17) is 15.2 Å². The van der Waals surface area contributed by atoms with Crippen LogP contribution in [0.5, 0.6) is 5.75 Å². The summed E-state index contributed by atoms with van der Waals surface area (Å²) in [6.07, 6.45) is 0.514. The second-order valence-electron chi connectivity index (χ2n) is 7.06. The van der Waals surface area contributed by atoms with Crippen molar-refractivity contribution in [3.63, 3.8) is 0 Å². The van der Waals surface area contributed by atoms with Gasteiger partial charge in [-0.25, -0.2) is 4.79 Å². The highest BCUT2D eigenvalue weighted by Crippen LogP contribution is 2.31. The molecular formula is C18H27N3O4. The SMILES string of the molecule is CC(C)(C)OC(=O)NCC[C@H](N)C(=O)N[C@@H]1CCOc2ccccc21. The lowest BCUT2D eigenvalue weighted by atomic mass is 10.00. The lowest BCUT2D eigenvalue weighted by molar-refractivity contribution is -0.123. The van der Waals surface area contributed by atoms with Crippen molar-refractivity contribution >= 4 is 12.0 Å². The zero-order valence-corrected chi connectivity index (χ0v) is 15.0. The molecule has 0 saturated carbocycles. The van der Waals surface area contributed by atoms with E-state index in [1.165, 1.54) is 0 Å². The van der Waals surface area contributed by atoms with Crippen LogP contribution in [0.2, 0.25) is 0 Å². The van der Waals surface area contributed by atoms with Gasteiger partial charge >= 0.3 is 6.09 Å². The van der Waals surface area contributed by atoms with Crippen LogP contribution in [0.1, 0.15) is 45.2 Å². The Bertz CT molecular complexity index is 613. The predicted octanol–water partition coefficient (Wildman–Crippen LogP) is 1.87. The van der Waals surface area contributed by atoms with E-state index in [9.17, 15) is 9.59 Å². The minimum Gasteiger partial charge on any atom is -0.493 e. The quantitative estimate of drug-likeness (QED) is 0.753. The van der Waals surface area contributed by atoms with Gasteiger partial charge in [-0.15, -0.1) is 0 Å². The molecule has 138 valence electrons. The van der Waals surface area contributed by atoms with Crippen LogP contribution in [0, 0.1) is 0 Å². The topological polar surface area (TPSA) is 103 Å². The molecule has 0 saturated heterocycles. The maximum Gasteiger partial charge on any atom is 0.407 e. The first-order chi connectivity index (χ1) is 11.8. The molecule has 2 rings (SSSR count). The summed E-state index contributed by atoms with van der Waals surface area (Å²) in [7, 11) is 0. The molecule has 4 N–H and O–H groups in total. The van der Waals surface area contributed by atoms with Gasteiger partial charge in [0.2, 0.25) is 5.91 Å². The Balaban J connectivity index is 1.79. The molecule has 2 amide bonds. The monoisotopic (exact) mass is 349 g/mol. The minimum absolute atomic E-state index is 0.109. The fourth-order valence-corrected chi connectivity index (χ4v) is 2.55. The first kappa shape index (κ1) is 19.1. The third kappa shape index (κ3) is 5.94. The molecule has 7 heteroatoms. The van der Waals surface area contributed by atoms with Gasteiger partial charge in [-0.2, -0.15) is 0 Å². The van der Waals surface area contributed by atoms with Crippen molar-refractivity contribution in [1.29, 1.82) is 0 Å². The molecule has 0 aliphatic carbocycles. The number of hydrogen-bond donors (Lipinski definition) is 3. The molecule has 0 fully saturated rings. The molecule has 25 heavy (non-hydrogen) atoms. The fraction of sp³-hybridized carbons (Fsp3) is 0.556. The van der Waals surface area contributed by atoms with Gasteiger partial charge in [0.05, 0.1) is 18.7 Å². The first-order valence-electron chi connectivity index (χ1n) is 8.51. The highest BCUT2D eigenvalue weighted by molar-refractivity contribution is 5.82. The molecule has 1 aliphatic heterocycles. The van der Waals surface area contributed by atoms with Crippen LogP contribution in [0.25, 0.3) is 0 Å². The summed E-state index contributed by atoms with van der Waals surface area (Å²) < 4.78 is 10.7. The summed E-state index contributed by atoms with van der Waals surface area (Å²) in [6.45, 7) is 6.19. The van der Waals surface area contributed by atoms with Gasteiger partial charge in [-0.1, -0.05) is 18.2 Å². The van der Waals surface area contributed by atoms with Crippen molar-refractivity contribution in [2.75, 3.05) is 13.2 Å². The van der Waals surface area contributed by atoms with E-state index in [1.807, 2.05) is 24.3 Å². The van der Waals surface area contributed by atoms with Gasteiger partial charge < -0.3 is 25.8 Å². The van der Waals surface area contributed by atoms with Crippen LogP contribution >= 0.6 is 0 Å². The molecule has 0 unspecified atom stereocenters. The molecule has 0 spiro atoms. The molecule has 1 heterocycles. The Hall–Kier alpha value is -2.28. The van der Waals surface area contributed by atoms with Gasteiger partial charge in [-0.05, 0) is 33.3 Å². The minimum atomic E-state index is -0.704. The average Bonchev–Trinajstić information content (AvgIpc) is 2.53. The van der Waals surface area contributed by atoms with Crippen molar-refractivity contribution in [3.05, 3.63) is 29.8 Å². The van der Waals surface area contributed by atoms with Crippen LogP contribution < -0.4 is 21.1 Å². The maximum absolute atomic E-state index is 12.3. The molecule has 1 aromatic carbocycles. The van der Waals surface area contributed by atoms with Crippen LogP contribution in [-0.2, 0) is 9.53 Å². The third-order valence-electron chi connectivity index (χ3n) is 3.74. The Morgan fingerprint density at radius 1 is 1.36 bits per heavy atom. The van der Waals surface area contributed by atoms with E-state index in [-0.39, 0.29) is 18.5 Å². The van der Waals surface area contributed by atoms with E-state index in [0.29, 0.717) is 19.4 Å². The van der Waals surface area contributed by atoms with Gasteiger partial charge in [0.1, 0.15) is 11.4 Å². The average molecular weight is 349 g/mol. The number of alkyl carbamates (subject to hydrolysis) is 1. The van der Waals surface area contributed by atoms with E-state index in [1.54, 1.807) is 20.8 Å². The number of carbonyl (C=O) groups excluding carboxylic acids is 2. The van der Waals surface area contributed by atoms with Gasteiger partial charge in [0.15, 0.2) is 0 Å². The lowest BCUT2D eigenvalue weighted by Crippen LogP contribution is -2.45. The van der Waals surface area contributed by atoms with Crippen LogP contribution in [0.4, 0.5) is 4.79 Å². The summed E-state index contributed by atoms with van der Waals surface area (Å²) in [6, 6.07) is 6.83. The zero-order valence-electron chi connectivity index (χ0n) is 15.0. The standard InChI is InChI=1S/C18H27N3O4/c1-18(2,3)25-17(23)20-10-8-13(19)16(22)21-14-9-11-24-15-7-5-4-6-12(14)15/h4-7,13-14H,8-11,19H2,1-3H3,(H,20,23)(H,21,22)/t13-,14+/m0/s1. The summed E-state index contributed by atoms with van der Waals surface area (Å²) in [5, 5.41) is 5.57. The number of hydrogen-bond acceptors (Lipinski definition) is 5.